The molecular weight excluding hydrogens is 368 g/mol. The minimum Gasteiger partial charge on any atom is -0.388 e. The summed E-state index contributed by atoms with van der Waals surface area (Å²) in [6.07, 6.45) is 4.38. The molecule has 2 heterocycles. The van der Waals surface area contributed by atoms with Crippen LogP contribution in [0.4, 0.5) is 10.5 Å². The van der Waals surface area contributed by atoms with E-state index in [1.54, 1.807) is 35.4 Å². The van der Waals surface area contributed by atoms with Gasteiger partial charge in [-0.1, -0.05) is 30.3 Å². The Morgan fingerprint density at radius 2 is 1.97 bits per heavy atom. The lowest BCUT2D eigenvalue weighted by Gasteiger charge is -2.26. The minimum absolute atomic E-state index is 0.154. The summed E-state index contributed by atoms with van der Waals surface area (Å²) in [7, 11) is 3.88. The number of amides is 2. The zero-order valence-corrected chi connectivity index (χ0v) is 16.6. The number of aliphatic hydroxyl groups is 1. The van der Waals surface area contributed by atoms with Gasteiger partial charge in [0.25, 0.3) is 0 Å². The van der Waals surface area contributed by atoms with Crippen molar-refractivity contribution in [1.82, 2.24) is 25.0 Å². The number of aliphatic hydroxyl groups excluding tert-OH is 1. The van der Waals surface area contributed by atoms with Crippen LogP contribution < -0.4 is 10.6 Å². The summed E-state index contributed by atoms with van der Waals surface area (Å²) >= 11 is 0. The number of nitrogens with one attached hydrogen (secondary N) is 2. The largest absolute Gasteiger partial charge is 0.388 e. The van der Waals surface area contributed by atoms with Gasteiger partial charge in [-0.2, -0.15) is 5.10 Å². The molecule has 3 N–H and O–H groups in total. The first kappa shape index (κ1) is 20.5. The summed E-state index contributed by atoms with van der Waals surface area (Å²) in [6, 6.07) is 14.5. The second-order valence-electron chi connectivity index (χ2n) is 7.07. The highest BCUT2D eigenvalue weighted by Gasteiger charge is 2.22. The molecule has 0 saturated carbocycles. The van der Waals surface area contributed by atoms with Crippen LogP contribution in [0, 0.1) is 5.92 Å². The predicted molar refractivity (Wildman–Crippen MR) is 112 cm³/mol. The summed E-state index contributed by atoms with van der Waals surface area (Å²) < 4.78 is 1.64. The lowest BCUT2D eigenvalue weighted by Crippen LogP contribution is -2.39. The van der Waals surface area contributed by atoms with E-state index < -0.39 is 6.10 Å². The number of aromatic nitrogens is 3. The topological polar surface area (TPSA) is 95.3 Å². The van der Waals surface area contributed by atoms with Crippen molar-refractivity contribution in [2.24, 2.45) is 5.92 Å². The maximum atomic E-state index is 12.3. The Morgan fingerprint density at radius 1 is 1.17 bits per heavy atom. The molecule has 2 aromatic heterocycles. The third-order valence-corrected chi connectivity index (χ3v) is 4.46. The van der Waals surface area contributed by atoms with Crippen molar-refractivity contribution < 1.29 is 9.90 Å². The lowest BCUT2D eigenvalue weighted by atomic mass is 9.95. The summed E-state index contributed by atoms with van der Waals surface area (Å²) in [5.41, 5.74) is 1.41. The lowest BCUT2D eigenvalue weighted by molar-refractivity contribution is 0.0911. The van der Waals surface area contributed by atoms with Gasteiger partial charge in [-0.05, 0) is 37.9 Å². The molecule has 0 aliphatic carbocycles. The van der Waals surface area contributed by atoms with Gasteiger partial charge >= 0.3 is 6.03 Å². The molecule has 0 aliphatic heterocycles. The minimum atomic E-state index is -0.672. The number of hydrogen-bond acceptors (Lipinski definition) is 5. The van der Waals surface area contributed by atoms with E-state index in [4.69, 9.17) is 0 Å². The number of carbonyl (C=O) groups excluding carboxylic acids is 1. The molecule has 1 aromatic carbocycles. The van der Waals surface area contributed by atoms with Crippen LogP contribution in [0.25, 0.3) is 5.82 Å². The van der Waals surface area contributed by atoms with Crippen LogP contribution in [0.3, 0.4) is 0 Å². The molecule has 8 nitrogen and oxygen atoms in total. The van der Waals surface area contributed by atoms with Gasteiger partial charge in [-0.25, -0.2) is 14.5 Å². The number of urea groups is 1. The molecule has 29 heavy (non-hydrogen) atoms. The zero-order valence-electron chi connectivity index (χ0n) is 16.6. The molecule has 0 fully saturated rings. The number of benzene rings is 1. The van der Waals surface area contributed by atoms with Gasteiger partial charge in [0.1, 0.15) is 0 Å². The highest BCUT2D eigenvalue weighted by Crippen LogP contribution is 2.22. The van der Waals surface area contributed by atoms with Crippen molar-refractivity contribution in [3.63, 3.8) is 0 Å². The summed E-state index contributed by atoms with van der Waals surface area (Å²) in [5.74, 6) is 0.511. The van der Waals surface area contributed by atoms with Crippen LogP contribution in [-0.4, -0.2) is 58.0 Å². The van der Waals surface area contributed by atoms with Gasteiger partial charge in [0.05, 0.1) is 18.0 Å². The Labute approximate surface area is 170 Å². The monoisotopic (exact) mass is 394 g/mol. The second-order valence-corrected chi connectivity index (χ2v) is 7.07. The van der Waals surface area contributed by atoms with Gasteiger partial charge < -0.3 is 20.6 Å². The molecular formula is C21H26N6O2. The van der Waals surface area contributed by atoms with E-state index in [0.717, 1.165) is 5.56 Å². The number of rotatable bonds is 8. The quantitative estimate of drug-likeness (QED) is 0.545. The Hall–Kier alpha value is -3.23. The van der Waals surface area contributed by atoms with Crippen LogP contribution in [0.2, 0.25) is 0 Å². The Morgan fingerprint density at radius 3 is 2.59 bits per heavy atom. The number of nitrogens with zero attached hydrogens (tertiary/aromatic N) is 4. The fourth-order valence-electron chi connectivity index (χ4n) is 3.07. The molecule has 152 valence electrons. The second kappa shape index (κ2) is 9.81. The average Bonchev–Trinajstić information content (AvgIpc) is 3.26. The third-order valence-electron chi connectivity index (χ3n) is 4.46. The number of hydrogen-bond donors (Lipinski definition) is 3. The fourth-order valence-corrected chi connectivity index (χ4v) is 3.07. The van der Waals surface area contributed by atoms with E-state index in [1.165, 1.54) is 0 Å². The summed E-state index contributed by atoms with van der Waals surface area (Å²) in [5, 5.41) is 20.5. The molecule has 2 atom stereocenters. The standard InChI is InChI=1S/C21H26N6O2/c1-26(2)15-17(20(28)16-7-4-3-5-8-16)13-23-21(29)25-18-9-10-19(22-14-18)27-12-6-11-24-27/h3-12,14,17,20,28H,13,15H2,1-2H3,(H2,23,25,29)/t17-,20-/m1/s1. The van der Waals surface area contributed by atoms with Crippen LogP contribution in [0.15, 0.2) is 67.1 Å². The first-order valence-electron chi connectivity index (χ1n) is 9.41. The van der Waals surface area contributed by atoms with Crippen molar-refractivity contribution in [3.05, 3.63) is 72.7 Å². The number of carbonyl (C=O) groups is 1. The van der Waals surface area contributed by atoms with Gasteiger partial charge in [0, 0.05) is 31.4 Å². The van der Waals surface area contributed by atoms with Crippen LogP contribution in [0.5, 0.6) is 0 Å². The molecule has 0 saturated heterocycles. The number of pyridine rings is 1. The molecule has 3 rings (SSSR count). The van der Waals surface area contributed by atoms with E-state index >= 15 is 0 Å². The van der Waals surface area contributed by atoms with Gasteiger partial charge in [-0.3, -0.25) is 0 Å². The molecule has 0 bridgehead atoms. The van der Waals surface area contributed by atoms with E-state index in [9.17, 15) is 9.90 Å². The Bertz CT molecular complexity index is 881. The average molecular weight is 394 g/mol. The molecule has 0 radical (unpaired) electrons. The van der Waals surface area contributed by atoms with Crippen LogP contribution in [0.1, 0.15) is 11.7 Å². The first-order valence-corrected chi connectivity index (χ1v) is 9.41. The smallest absolute Gasteiger partial charge is 0.319 e. The van der Waals surface area contributed by atoms with E-state index in [-0.39, 0.29) is 11.9 Å². The van der Waals surface area contributed by atoms with Crippen molar-refractivity contribution >= 4 is 11.7 Å². The summed E-state index contributed by atoms with van der Waals surface area (Å²) in [4.78, 5) is 18.6. The Balaban J connectivity index is 1.56. The van der Waals surface area contributed by atoms with Crippen molar-refractivity contribution in [3.8, 4) is 5.82 Å². The van der Waals surface area contributed by atoms with Crippen LogP contribution in [-0.2, 0) is 0 Å². The fraction of sp³-hybridized carbons (Fsp3) is 0.286. The van der Waals surface area contributed by atoms with E-state index in [0.29, 0.717) is 24.6 Å². The highest BCUT2D eigenvalue weighted by molar-refractivity contribution is 5.89. The normalized spacial score (nSPS) is 13.1. The van der Waals surface area contributed by atoms with Gasteiger partial charge in [0.2, 0.25) is 0 Å². The molecule has 8 heteroatoms. The maximum absolute atomic E-state index is 12.3. The Kier molecular flexibility index (Phi) is 6.94. The SMILES string of the molecule is CN(C)C[C@@H](CNC(=O)Nc1ccc(-n2cccn2)nc1)[C@H](O)c1ccccc1. The third kappa shape index (κ3) is 5.87. The zero-order chi connectivity index (χ0) is 20.6. The van der Waals surface area contributed by atoms with Crippen molar-refractivity contribution in [2.75, 3.05) is 32.5 Å². The molecule has 0 unspecified atom stereocenters. The van der Waals surface area contributed by atoms with Crippen molar-refractivity contribution in [2.45, 2.75) is 6.10 Å². The van der Waals surface area contributed by atoms with E-state index in [1.807, 2.05) is 55.4 Å². The molecule has 0 aliphatic rings. The van der Waals surface area contributed by atoms with E-state index in [2.05, 4.69) is 20.7 Å². The molecule has 3 aromatic rings. The van der Waals surface area contributed by atoms with Crippen molar-refractivity contribution in [1.29, 1.82) is 0 Å². The van der Waals surface area contributed by atoms with Crippen LogP contribution >= 0.6 is 0 Å². The first-order chi connectivity index (χ1) is 14.0. The summed E-state index contributed by atoms with van der Waals surface area (Å²) in [6.45, 7) is 0.968. The number of anilines is 1. The molecule has 2 amide bonds. The highest BCUT2D eigenvalue weighted by atomic mass is 16.3. The molecule has 0 spiro atoms. The van der Waals surface area contributed by atoms with Gasteiger partial charge in [-0.15, -0.1) is 0 Å². The predicted octanol–water partition coefficient (Wildman–Crippen LogP) is 2.30. The van der Waals surface area contributed by atoms with Gasteiger partial charge in [0.15, 0.2) is 5.82 Å². The maximum Gasteiger partial charge on any atom is 0.319 e.